The Kier molecular flexibility index (Phi) is 5.42. The maximum absolute atomic E-state index is 13.5. The average Bonchev–Trinajstić information content (AvgIpc) is 3.44. The topological polar surface area (TPSA) is 83.9 Å². The predicted octanol–water partition coefficient (Wildman–Crippen LogP) is 2.84. The standard InChI is InChI=1S/C29H25N3O4/c1-36-19-10-11-21-24(15-30-25(21)14-19)27(33)17-31-13-12-18-6-2-3-7-20(18)26(31)16-32-28(34)22-8-4-5-9-23(22)29(32)35/h2-11,14-15,26,30H,12-13,16-17H2,1H3/p+1/t26-/m0/s1. The summed E-state index contributed by atoms with van der Waals surface area (Å²) in [6, 6.07) is 20.5. The smallest absolute Gasteiger partial charge is 0.261 e. The van der Waals surface area contributed by atoms with Gasteiger partial charge in [-0.05, 0) is 29.8 Å². The molecule has 4 aromatic rings. The number of ether oxygens (including phenoxy) is 1. The number of methoxy groups -OCH3 is 1. The first-order valence-corrected chi connectivity index (χ1v) is 12.1. The van der Waals surface area contributed by atoms with Crippen molar-refractivity contribution in [3.05, 3.63) is 101 Å². The van der Waals surface area contributed by atoms with Crippen LogP contribution in [-0.2, 0) is 6.42 Å². The molecule has 180 valence electrons. The van der Waals surface area contributed by atoms with Gasteiger partial charge in [-0.1, -0.05) is 36.4 Å². The van der Waals surface area contributed by atoms with E-state index in [9.17, 15) is 14.4 Å². The molecule has 2 N–H and O–H groups in total. The summed E-state index contributed by atoms with van der Waals surface area (Å²) in [5, 5.41) is 0.856. The zero-order valence-electron chi connectivity index (χ0n) is 19.9. The van der Waals surface area contributed by atoms with Gasteiger partial charge in [-0.3, -0.25) is 19.3 Å². The summed E-state index contributed by atoms with van der Waals surface area (Å²) in [4.78, 5) is 45.3. The third-order valence-electron chi connectivity index (χ3n) is 7.46. The summed E-state index contributed by atoms with van der Waals surface area (Å²) < 4.78 is 5.30. The highest BCUT2D eigenvalue weighted by molar-refractivity contribution is 6.21. The second-order valence-electron chi connectivity index (χ2n) is 9.39. The highest BCUT2D eigenvalue weighted by Crippen LogP contribution is 2.27. The Morgan fingerprint density at radius 3 is 2.50 bits per heavy atom. The van der Waals surface area contributed by atoms with Gasteiger partial charge in [0.25, 0.3) is 11.8 Å². The molecule has 3 aromatic carbocycles. The van der Waals surface area contributed by atoms with Gasteiger partial charge in [0, 0.05) is 40.7 Å². The summed E-state index contributed by atoms with van der Waals surface area (Å²) in [7, 11) is 1.61. The zero-order valence-corrected chi connectivity index (χ0v) is 19.9. The Balaban J connectivity index is 1.30. The normalized spacial score (nSPS) is 18.9. The van der Waals surface area contributed by atoms with Crippen molar-refractivity contribution in [1.29, 1.82) is 0 Å². The van der Waals surface area contributed by atoms with Gasteiger partial charge in [-0.15, -0.1) is 0 Å². The molecule has 0 fully saturated rings. The van der Waals surface area contributed by atoms with E-state index < -0.39 is 0 Å². The number of hydrogen-bond donors (Lipinski definition) is 2. The van der Waals surface area contributed by atoms with E-state index in [0.29, 0.717) is 16.7 Å². The molecule has 1 aromatic heterocycles. The van der Waals surface area contributed by atoms with Crippen LogP contribution < -0.4 is 9.64 Å². The van der Waals surface area contributed by atoms with Crippen molar-refractivity contribution < 1.29 is 24.0 Å². The van der Waals surface area contributed by atoms with Gasteiger partial charge in [-0.2, -0.15) is 0 Å². The lowest BCUT2D eigenvalue weighted by Gasteiger charge is -2.35. The molecular formula is C29H26N3O4+. The minimum atomic E-state index is -0.269. The van der Waals surface area contributed by atoms with Gasteiger partial charge < -0.3 is 14.6 Å². The average molecular weight is 481 g/mol. The van der Waals surface area contributed by atoms with E-state index in [1.54, 1.807) is 37.6 Å². The molecule has 2 aliphatic heterocycles. The Bertz CT molecular complexity index is 1490. The maximum Gasteiger partial charge on any atom is 0.261 e. The summed E-state index contributed by atoms with van der Waals surface area (Å²) in [6.07, 6.45) is 2.59. The number of imide groups is 1. The van der Waals surface area contributed by atoms with Crippen molar-refractivity contribution in [3.63, 3.8) is 0 Å². The number of amides is 2. The number of quaternary nitrogens is 1. The number of Topliss-reactive ketones (excluding diaryl/α,β-unsaturated/α-hetero) is 1. The number of aromatic amines is 1. The zero-order chi connectivity index (χ0) is 24.8. The largest absolute Gasteiger partial charge is 0.497 e. The number of benzene rings is 3. The second kappa shape index (κ2) is 8.77. The molecule has 7 nitrogen and oxygen atoms in total. The first-order chi connectivity index (χ1) is 17.5. The summed E-state index contributed by atoms with van der Waals surface area (Å²) in [5.41, 5.74) is 4.66. The molecule has 3 heterocycles. The Morgan fingerprint density at radius 1 is 1.03 bits per heavy atom. The van der Waals surface area contributed by atoms with Crippen LogP contribution in [0, 0.1) is 0 Å². The predicted molar refractivity (Wildman–Crippen MR) is 135 cm³/mol. The summed E-state index contributed by atoms with van der Waals surface area (Å²) in [6.45, 7) is 1.24. The van der Waals surface area contributed by atoms with E-state index in [1.165, 1.54) is 10.5 Å². The molecule has 0 saturated heterocycles. The van der Waals surface area contributed by atoms with E-state index in [2.05, 4.69) is 17.1 Å². The monoisotopic (exact) mass is 480 g/mol. The molecule has 36 heavy (non-hydrogen) atoms. The van der Waals surface area contributed by atoms with Crippen molar-refractivity contribution in [3.8, 4) is 5.75 Å². The maximum atomic E-state index is 13.5. The van der Waals surface area contributed by atoms with Crippen LogP contribution >= 0.6 is 0 Å². The molecular weight excluding hydrogens is 454 g/mol. The Hall–Kier alpha value is -4.23. The van der Waals surface area contributed by atoms with Crippen molar-refractivity contribution in [1.82, 2.24) is 9.88 Å². The first-order valence-electron chi connectivity index (χ1n) is 12.1. The Morgan fingerprint density at radius 2 is 1.75 bits per heavy atom. The lowest BCUT2D eigenvalue weighted by atomic mass is 9.91. The van der Waals surface area contributed by atoms with Crippen LogP contribution in [0.5, 0.6) is 5.75 Å². The third kappa shape index (κ3) is 3.60. The van der Waals surface area contributed by atoms with Crippen molar-refractivity contribution in [2.45, 2.75) is 12.5 Å². The van der Waals surface area contributed by atoms with Crippen molar-refractivity contribution >= 4 is 28.5 Å². The highest BCUT2D eigenvalue weighted by atomic mass is 16.5. The molecule has 2 atom stereocenters. The lowest BCUT2D eigenvalue weighted by Crippen LogP contribution is -3.14. The number of aromatic nitrogens is 1. The van der Waals surface area contributed by atoms with Crippen molar-refractivity contribution in [2.24, 2.45) is 0 Å². The molecule has 0 spiro atoms. The molecule has 0 bridgehead atoms. The van der Waals surface area contributed by atoms with E-state index in [-0.39, 0.29) is 36.7 Å². The number of ketones is 1. The fourth-order valence-electron chi connectivity index (χ4n) is 5.58. The number of carbonyl (C=O) groups excluding carboxylic acids is 3. The minimum Gasteiger partial charge on any atom is -0.497 e. The van der Waals surface area contributed by atoms with Gasteiger partial charge in [-0.25, -0.2) is 0 Å². The van der Waals surface area contributed by atoms with E-state index in [0.717, 1.165) is 40.1 Å². The number of hydrogen-bond acceptors (Lipinski definition) is 4. The SMILES string of the molecule is COc1ccc2c(C(=O)C[NH+]3CCc4ccccc4[C@@H]3CN3C(=O)c4ccccc4C3=O)c[nH]c2c1. The quantitative estimate of drug-likeness (QED) is 0.328. The van der Waals surface area contributed by atoms with E-state index >= 15 is 0 Å². The van der Waals surface area contributed by atoms with Crippen LogP contribution in [0.25, 0.3) is 10.9 Å². The molecule has 7 heteroatoms. The summed E-state index contributed by atoms with van der Waals surface area (Å²) in [5.74, 6) is 0.209. The fraction of sp³-hybridized carbons (Fsp3) is 0.207. The lowest BCUT2D eigenvalue weighted by molar-refractivity contribution is -0.925. The molecule has 0 saturated carbocycles. The van der Waals surface area contributed by atoms with Crippen LogP contribution in [0.3, 0.4) is 0 Å². The third-order valence-corrected chi connectivity index (χ3v) is 7.46. The van der Waals surface area contributed by atoms with Gasteiger partial charge in [0.15, 0.2) is 0 Å². The Labute approximate surface area is 208 Å². The molecule has 2 aliphatic rings. The second-order valence-corrected chi connectivity index (χ2v) is 9.39. The highest BCUT2D eigenvalue weighted by Gasteiger charge is 2.41. The van der Waals surface area contributed by atoms with E-state index in [4.69, 9.17) is 4.74 Å². The van der Waals surface area contributed by atoms with Crippen LogP contribution in [-0.4, -0.2) is 54.2 Å². The number of nitrogens with zero attached hydrogens (tertiary/aromatic N) is 1. The van der Waals surface area contributed by atoms with Gasteiger partial charge in [0.1, 0.15) is 18.3 Å². The number of carbonyl (C=O) groups is 3. The van der Waals surface area contributed by atoms with Crippen LogP contribution in [0.2, 0.25) is 0 Å². The number of rotatable bonds is 6. The minimum absolute atomic E-state index is 0.0214. The molecule has 2 amide bonds. The summed E-state index contributed by atoms with van der Waals surface area (Å²) >= 11 is 0. The molecule has 6 rings (SSSR count). The number of H-pyrrole nitrogens is 1. The number of fused-ring (bicyclic) bond motifs is 3. The molecule has 0 aliphatic carbocycles. The first kappa shape index (κ1) is 22.2. The fourth-order valence-corrected chi connectivity index (χ4v) is 5.58. The van der Waals surface area contributed by atoms with E-state index in [1.807, 2.05) is 30.3 Å². The van der Waals surface area contributed by atoms with Gasteiger partial charge in [0.2, 0.25) is 5.78 Å². The van der Waals surface area contributed by atoms with Crippen LogP contribution in [0.1, 0.15) is 48.2 Å². The van der Waals surface area contributed by atoms with Gasteiger partial charge in [0.05, 0.1) is 31.3 Å². The number of nitrogens with one attached hydrogen (secondary N) is 2. The van der Waals surface area contributed by atoms with Crippen LogP contribution in [0.15, 0.2) is 72.9 Å². The van der Waals surface area contributed by atoms with Gasteiger partial charge >= 0.3 is 0 Å². The molecule has 1 unspecified atom stereocenters. The van der Waals surface area contributed by atoms with Crippen LogP contribution in [0.4, 0.5) is 0 Å². The van der Waals surface area contributed by atoms with Crippen molar-refractivity contribution in [2.75, 3.05) is 26.7 Å². The molecule has 0 radical (unpaired) electrons.